The molecule has 25 heavy (non-hydrogen) atoms. The molecule has 0 saturated heterocycles. The van der Waals surface area contributed by atoms with E-state index in [-0.39, 0.29) is 11.3 Å². The molecule has 0 atom stereocenters. The number of H-pyrrole nitrogens is 1. The summed E-state index contributed by atoms with van der Waals surface area (Å²) in [6, 6.07) is 11.8. The minimum atomic E-state index is -0.264. The number of anilines is 1. The number of nitrogens with zero attached hydrogens (tertiary/aromatic N) is 1. The second-order valence-corrected chi connectivity index (χ2v) is 5.97. The van der Waals surface area contributed by atoms with E-state index in [2.05, 4.69) is 10.2 Å². The maximum atomic E-state index is 11.1. The summed E-state index contributed by atoms with van der Waals surface area (Å²) >= 11 is 0. The lowest BCUT2D eigenvalue weighted by molar-refractivity contribution is 0.456. The average Bonchev–Trinajstić information content (AvgIpc) is 2.56. The van der Waals surface area contributed by atoms with Crippen LogP contribution in [0, 0.1) is 13.8 Å². The van der Waals surface area contributed by atoms with Crippen LogP contribution >= 0.6 is 0 Å². The van der Waals surface area contributed by atoms with E-state index in [0.717, 1.165) is 16.9 Å². The molecule has 0 bridgehead atoms. The van der Waals surface area contributed by atoms with Crippen molar-refractivity contribution in [3.63, 3.8) is 0 Å². The van der Waals surface area contributed by atoms with Gasteiger partial charge in [0.2, 0.25) is 0 Å². The number of phenolic OH excluding ortho intramolecular Hbond substituents is 1. The first-order valence-electron chi connectivity index (χ1n) is 7.83. The zero-order chi connectivity index (χ0) is 18.0. The van der Waals surface area contributed by atoms with Crippen molar-refractivity contribution in [3.05, 3.63) is 75.2 Å². The lowest BCUT2D eigenvalue weighted by Crippen LogP contribution is -2.07. The summed E-state index contributed by atoms with van der Waals surface area (Å²) in [4.78, 5) is 11.1. The molecule has 0 amide bonds. The van der Waals surface area contributed by atoms with Gasteiger partial charge in [-0.15, -0.1) is 0 Å². The van der Waals surface area contributed by atoms with E-state index in [1.54, 1.807) is 24.3 Å². The third kappa shape index (κ3) is 3.80. The molecular formula is C19H19N3O3. The summed E-state index contributed by atoms with van der Waals surface area (Å²) in [5.41, 5.74) is 9.45. The van der Waals surface area contributed by atoms with Crippen molar-refractivity contribution in [3.8, 4) is 17.2 Å². The summed E-state index contributed by atoms with van der Waals surface area (Å²) in [5.74, 6) is 1.49. The number of ether oxygens (including phenoxy) is 1. The van der Waals surface area contributed by atoms with Gasteiger partial charge in [-0.25, -0.2) is 5.10 Å². The van der Waals surface area contributed by atoms with E-state index in [9.17, 15) is 9.90 Å². The Morgan fingerprint density at radius 3 is 2.48 bits per heavy atom. The van der Waals surface area contributed by atoms with E-state index in [1.165, 1.54) is 6.07 Å². The van der Waals surface area contributed by atoms with E-state index >= 15 is 0 Å². The van der Waals surface area contributed by atoms with Gasteiger partial charge in [-0.05, 0) is 61.4 Å². The van der Waals surface area contributed by atoms with Crippen LogP contribution in [0.3, 0.4) is 0 Å². The van der Waals surface area contributed by atoms with Gasteiger partial charge < -0.3 is 15.6 Å². The second kappa shape index (κ2) is 6.68. The number of nitrogens with two attached hydrogens (primary N) is 1. The fourth-order valence-electron chi connectivity index (χ4n) is 2.70. The van der Waals surface area contributed by atoms with Gasteiger partial charge in [0.1, 0.15) is 17.2 Å². The Labute approximate surface area is 144 Å². The van der Waals surface area contributed by atoms with Crippen LogP contribution in [0.25, 0.3) is 0 Å². The zero-order valence-corrected chi connectivity index (χ0v) is 14.0. The van der Waals surface area contributed by atoms with Gasteiger partial charge >= 0.3 is 0 Å². The largest absolute Gasteiger partial charge is 0.508 e. The molecule has 6 nitrogen and oxygen atoms in total. The Kier molecular flexibility index (Phi) is 4.43. The molecule has 0 fully saturated rings. The number of aromatic hydroxyl groups is 1. The summed E-state index contributed by atoms with van der Waals surface area (Å²) in [6.07, 6.45) is 0.375. The van der Waals surface area contributed by atoms with Crippen molar-refractivity contribution in [1.82, 2.24) is 10.2 Å². The molecule has 3 aromatic rings. The van der Waals surface area contributed by atoms with E-state index < -0.39 is 0 Å². The first-order valence-corrected chi connectivity index (χ1v) is 7.83. The topological polar surface area (TPSA) is 101 Å². The maximum absolute atomic E-state index is 11.1. The highest BCUT2D eigenvalue weighted by Crippen LogP contribution is 2.33. The van der Waals surface area contributed by atoms with Gasteiger partial charge in [-0.1, -0.05) is 0 Å². The van der Waals surface area contributed by atoms with E-state index in [0.29, 0.717) is 29.1 Å². The molecule has 0 radical (unpaired) electrons. The van der Waals surface area contributed by atoms with Crippen LogP contribution in [0.4, 0.5) is 5.69 Å². The van der Waals surface area contributed by atoms with Crippen molar-refractivity contribution in [2.75, 3.05) is 5.73 Å². The number of hydrogen-bond donors (Lipinski definition) is 3. The van der Waals surface area contributed by atoms with Gasteiger partial charge in [0.05, 0.1) is 5.69 Å². The van der Waals surface area contributed by atoms with Crippen LogP contribution in [0.5, 0.6) is 17.2 Å². The number of rotatable bonds is 4. The Hall–Kier alpha value is -3.28. The molecule has 0 saturated carbocycles. The molecule has 128 valence electrons. The molecule has 6 heteroatoms. The second-order valence-electron chi connectivity index (χ2n) is 5.97. The third-order valence-corrected chi connectivity index (χ3v) is 3.86. The Balaban J connectivity index is 1.89. The average molecular weight is 337 g/mol. The van der Waals surface area contributed by atoms with Crippen LogP contribution in [-0.4, -0.2) is 15.3 Å². The van der Waals surface area contributed by atoms with Gasteiger partial charge in [0.25, 0.3) is 5.56 Å². The summed E-state index contributed by atoms with van der Waals surface area (Å²) < 4.78 is 6.00. The van der Waals surface area contributed by atoms with Crippen molar-refractivity contribution < 1.29 is 9.84 Å². The monoisotopic (exact) mass is 337 g/mol. The standard InChI is InChI=1S/C19H19N3O3/c1-11-7-14(20)8-12(2)19(11)25-16-4-5-17(23)13(10-16)9-15-3-6-18(24)22-21-15/h3-8,10,23H,9,20H2,1-2H3,(H,22,24). The van der Waals surface area contributed by atoms with Crippen LogP contribution in [0.15, 0.2) is 47.3 Å². The predicted octanol–water partition coefficient (Wildman–Crippen LogP) is 3.06. The van der Waals surface area contributed by atoms with E-state index in [1.807, 2.05) is 26.0 Å². The first-order chi connectivity index (χ1) is 11.9. The minimum Gasteiger partial charge on any atom is -0.508 e. The Bertz CT molecular complexity index is 936. The SMILES string of the molecule is Cc1cc(N)cc(C)c1Oc1ccc(O)c(Cc2ccc(=O)[nH]n2)c1. The highest BCUT2D eigenvalue weighted by atomic mass is 16.5. The molecule has 0 unspecified atom stereocenters. The van der Waals surface area contributed by atoms with E-state index in [4.69, 9.17) is 10.5 Å². The molecule has 1 heterocycles. The van der Waals surface area contributed by atoms with Crippen molar-refractivity contribution in [1.29, 1.82) is 0 Å². The molecule has 0 aliphatic carbocycles. The molecule has 0 aliphatic rings. The number of benzene rings is 2. The Morgan fingerprint density at radius 2 is 1.84 bits per heavy atom. The number of aromatic nitrogens is 2. The molecule has 0 spiro atoms. The number of aromatic amines is 1. The number of nitrogens with one attached hydrogen (secondary N) is 1. The normalized spacial score (nSPS) is 10.6. The highest BCUT2D eigenvalue weighted by molar-refractivity contribution is 5.54. The number of phenols is 1. The molecule has 0 aliphatic heterocycles. The van der Waals surface area contributed by atoms with Crippen molar-refractivity contribution in [2.45, 2.75) is 20.3 Å². The molecule has 1 aromatic heterocycles. The zero-order valence-electron chi connectivity index (χ0n) is 14.0. The Morgan fingerprint density at radius 1 is 1.12 bits per heavy atom. The van der Waals surface area contributed by atoms with Gasteiger partial charge in [-0.2, -0.15) is 5.10 Å². The quantitative estimate of drug-likeness (QED) is 0.635. The lowest BCUT2D eigenvalue weighted by atomic mass is 10.1. The van der Waals surface area contributed by atoms with Crippen LogP contribution in [-0.2, 0) is 6.42 Å². The van der Waals surface area contributed by atoms with Crippen LogP contribution in [0.2, 0.25) is 0 Å². The molecular weight excluding hydrogens is 318 g/mol. The number of hydrogen-bond acceptors (Lipinski definition) is 5. The van der Waals surface area contributed by atoms with Crippen molar-refractivity contribution in [2.24, 2.45) is 0 Å². The number of aryl methyl sites for hydroxylation is 2. The molecule has 3 rings (SSSR count). The lowest BCUT2D eigenvalue weighted by Gasteiger charge is -2.14. The fraction of sp³-hybridized carbons (Fsp3) is 0.158. The highest BCUT2D eigenvalue weighted by Gasteiger charge is 2.10. The van der Waals surface area contributed by atoms with Gasteiger partial charge in [0, 0.05) is 23.7 Å². The smallest absolute Gasteiger partial charge is 0.264 e. The number of nitrogen functional groups attached to an aromatic ring is 1. The summed E-state index contributed by atoms with van der Waals surface area (Å²) in [5, 5.41) is 16.4. The fourth-order valence-corrected chi connectivity index (χ4v) is 2.70. The summed E-state index contributed by atoms with van der Waals surface area (Å²) in [6.45, 7) is 3.87. The minimum absolute atomic E-state index is 0.145. The first kappa shape index (κ1) is 16.6. The third-order valence-electron chi connectivity index (χ3n) is 3.86. The van der Waals surface area contributed by atoms with Gasteiger partial charge in [0.15, 0.2) is 0 Å². The van der Waals surface area contributed by atoms with Crippen molar-refractivity contribution >= 4 is 5.69 Å². The maximum Gasteiger partial charge on any atom is 0.264 e. The van der Waals surface area contributed by atoms with Crippen LogP contribution < -0.4 is 16.0 Å². The predicted molar refractivity (Wildman–Crippen MR) is 96.2 cm³/mol. The summed E-state index contributed by atoms with van der Waals surface area (Å²) in [7, 11) is 0. The van der Waals surface area contributed by atoms with Crippen LogP contribution in [0.1, 0.15) is 22.4 Å². The van der Waals surface area contributed by atoms with Gasteiger partial charge in [-0.3, -0.25) is 4.79 Å². The molecule has 4 N–H and O–H groups in total. The molecule has 2 aromatic carbocycles.